The fourth-order valence-corrected chi connectivity index (χ4v) is 2.62. The van der Waals surface area contributed by atoms with Crippen molar-refractivity contribution in [3.63, 3.8) is 0 Å². The van der Waals surface area contributed by atoms with Gasteiger partial charge < -0.3 is 9.84 Å². The maximum atomic E-state index is 13.2. The van der Waals surface area contributed by atoms with E-state index >= 15 is 0 Å². The topological polar surface area (TPSA) is 29.5 Å². The summed E-state index contributed by atoms with van der Waals surface area (Å²) in [6.07, 6.45) is -0.629. The Hall–Kier alpha value is -1.58. The first kappa shape index (κ1) is 13.4. The molecule has 104 valence electrons. The molecule has 1 aliphatic rings. The highest BCUT2D eigenvalue weighted by Crippen LogP contribution is 2.41. The third-order valence-electron chi connectivity index (χ3n) is 3.61. The normalized spacial score (nSPS) is 21.2. The summed E-state index contributed by atoms with van der Waals surface area (Å²) in [6.45, 7) is 1.93. The van der Waals surface area contributed by atoms with Gasteiger partial charge in [-0.15, -0.1) is 0 Å². The molecule has 0 amide bonds. The summed E-state index contributed by atoms with van der Waals surface area (Å²) < 4.78 is 19.1. The summed E-state index contributed by atoms with van der Waals surface area (Å²) in [5, 5.41) is 10.8. The zero-order chi connectivity index (χ0) is 14.3. The van der Waals surface area contributed by atoms with Gasteiger partial charge in [0.15, 0.2) is 0 Å². The lowest BCUT2D eigenvalue weighted by molar-refractivity contribution is 0.0653. The highest BCUT2D eigenvalue weighted by atomic mass is 35.5. The predicted octanol–water partition coefficient (Wildman–Crippen LogP) is 4.34. The maximum absolute atomic E-state index is 13.2. The van der Waals surface area contributed by atoms with Gasteiger partial charge in [-0.3, -0.25) is 0 Å². The summed E-state index contributed by atoms with van der Waals surface area (Å²) in [4.78, 5) is 0. The summed E-state index contributed by atoms with van der Waals surface area (Å²) in [6, 6.07) is 9.91. The van der Waals surface area contributed by atoms with E-state index in [0.29, 0.717) is 22.8 Å². The number of halogens is 2. The van der Waals surface area contributed by atoms with E-state index in [1.165, 1.54) is 12.1 Å². The van der Waals surface area contributed by atoms with E-state index in [0.717, 1.165) is 11.1 Å². The Morgan fingerprint density at radius 3 is 2.80 bits per heavy atom. The van der Waals surface area contributed by atoms with Crippen LogP contribution in [-0.4, -0.2) is 5.11 Å². The lowest BCUT2D eigenvalue weighted by atomic mass is 9.94. The minimum absolute atomic E-state index is 0.277. The number of aryl methyl sites for hydroxylation is 1. The van der Waals surface area contributed by atoms with Crippen molar-refractivity contribution in [3.8, 4) is 5.75 Å². The van der Waals surface area contributed by atoms with Crippen LogP contribution in [0.4, 0.5) is 4.39 Å². The lowest BCUT2D eigenvalue weighted by Crippen LogP contribution is -2.19. The molecule has 4 heteroatoms. The molecule has 0 aliphatic carbocycles. The molecule has 1 N–H and O–H groups in total. The van der Waals surface area contributed by atoms with Gasteiger partial charge >= 0.3 is 0 Å². The molecule has 1 aliphatic heterocycles. The second-order valence-electron chi connectivity index (χ2n) is 5.05. The van der Waals surface area contributed by atoms with Gasteiger partial charge in [-0.2, -0.15) is 0 Å². The van der Waals surface area contributed by atoms with Gasteiger partial charge in [-0.1, -0.05) is 23.7 Å². The van der Waals surface area contributed by atoms with Crippen LogP contribution >= 0.6 is 11.6 Å². The van der Waals surface area contributed by atoms with Gasteiger partial charge in [-0.25, -0.2) is 4.39 Å². The molecule has 2 atom stereocenters. The Kier molecular flexibility index (Phi) is 3.40. The molecule has 1 heterocycles. The van der Waals surface area contributed by atoms with Gasteiger partial charge in [0.2, 0.25) is 0 Å². The Balaban J connectivity index is 1.94. The van der Waals surface area contributed by atoms with Gasteiger partial charge in [-0.05, 0) is 42.3 Å². The molecule has 0 radical (unpaired) electrons. The molecule has 2 nitrogen and oxygen atoms in total. The third-order valence-corrected chi connectivity index (χ3v) is 4.01. The largest absolute Gasteiger partial charge is 0.485 e. The van der Waals surface area contributed by atoms with Crippen LogP contribution in [-0.2, 0) is 0 Å². The monoisotopic (exact) mass is 292 g/mol. The SMILES string of the molecule is Cc1ccc(C2CC(O)c3cc(F)ccc3O2)cc1Cl. The van der Waals surface area contributed by atoms with Crippen molar-refractivity contribution in [1.29, 1.82) is 0 Å². The first-order valence-corrected chi connectivity index (χ1v) is 6.82. The van der Waals surface area contributed by atoms with E-state index < -0.39 is 6.10 Å². The van der Waals surface area contributed by atoms with Crippen LogP contribution in [0.3, 0.4) is 0 Å². The Morgan fingerprint density at radius 1 is 1.25 bits per heavy atom. The molecule has 2 unspecified atom stereocenters. The molecule has 0 saturated carbocycles. The van der Waals surface area contributed by atoms with Crippen molar-refractivity contribution in [2.75, 3.05) is 0 Å². The lowest BCUT2D eigenvalue weighted by Gasteiger charge is -2.30. The molecular weight excluding hydrogens is 279 g/mol. The van der Waals surface area contributed by atoms with Crippen molar-refractivity contribution in [3.05, 3.63) is 63.9 Å². The van der Waals surface area contributed by atoms with Crippen molar-refractivity contribution in [2.24, 2.45) is 0 Å². The van der Waals surface area contributed by atoms with E-state index in [4.69, 9.17) is 16.3 Å². The first-order valence-electron chi connectivity index (χ1n) is 6.45. The number of hydrogen-bond acceptors (Lipinski definition) is 2. The summed E-state index contributed by atoms with van der Waals surface area (Å²) >= 11 is 6.12. The predicted molar refractivity (Wildman–Crippen MR) is 75.5 cm³/mol. The number of ether oxygens (including phenoxy) is 1. The molecule has 0 bridgehead atoms. The Morgan fingerprint density at radius 2 is 2.05 bits per heavy atom. The quantitative estimate of drug-likeness (QED) is 0.847. The molecular formula is C16H14ClFO2. The van der Waals surface area contributed by atoms with Crippen LogP contribution in [0.25, 0.3) is 0 Å². The number of benzene rings is 2. The minimum atomic E-state index is -0.737. The van der Waals surface area contributed by atoms with Crippen LogP contribution in [0, 0.1) is 12.7 Å². The van der Waals surface area contributed by atoms with Crippen LogP contribution in [0.1, 0.15) is 35.3 Å². The number of hydrogen-bond donors (Lipinski definition) is 1. The smallest absolute Gasteiger partial charge is 0.127 e. The standard InChI is InChI=1S/C16H14ClFO2/c1-9-2-3-10(6-13(9)17)16-8-14(19)12-7-11(18)4-5-15(12)20-16/h2-7,14,16,19H,8H2,1H3. The highest BCUT2D eigenvalue weighted by Gasteiger charge is 2.28. The minimum Gasteiger partial charge on any atom is -0.485 e. The number of rotatable bonds is 1. The van der Waals surface area contributed by atoms with E-state index in [1.54, 1.807) is 6.07 Å². The number of aliphatic hydroxyl groups excluding tert-OH is 1. The molecule has 20 heavy (non-hydrogen) atoms. The number of fused-ring (bicyclic) bond motifs is 1. The average Bonchev–Trinajstić information content (AvgIpc) is 2.42. The molecule has 0 aromatic heterocycles. The van der Waals surface area contributed by atoms with Crippen LogP contribution in [0.2, 0.25) is 5.02 Å². The zero-order valence-electron chi connectivity index (χ0n) is 10.9. The van der Waals surface area contributed by atoms with Crippen LogP contribution < -0.4 is 4.74 Å². The summed E-state index contributed by atoms with van der Waals surface area (Å²) in [5.41, 5.74) is 2.41. The van der Waals surface area contributed by atoms with Crippen molar-refractivity contribution in [1.82, 2.24) is 0 Å². The second-order valence-corrected chi connectivity index (χ2v) is 5.46. The summed E-state index contributed by atoms with van der Waals surface area (Å²) in [5.74, 6) is 0.148. The molecule has 3 rings (SSSR count). The first-order chi connectivity index (χ1) is 9.54. The Labute approximate surface area is 121 Å². The summed E-state index contributed by atoms with van der Waals surface area (Å²) in [7, 11) is 0. The maximum Gasteiger partial charge on any atom is 0.127 e. The molecule has 2 aromatic rings. The van der Waals surface area contributed by atoms with E-state index in [1.807, 2.05) is 25.1 Å². The van der Waals surface area contributed by atoms with Gasteiger partial charge in [0.25, 0.3) is 0 Å². The molecule has 2 aromatic carbocycles. The fourth-order valence-electron chi connectivity index (χ4n) is 2.43. The van der Waals surface area contributed by atoms with Gasteiger partial charge in [0.05, 0.1) is 6.10 Å². The second kappa shape index (κ2) is 5.08. The van der Waals surface area contributed by atoms with Crippen molar-refractivity contribution < 1.29 is 14.2 Å². The average molecular weight is 293 g/mol. The zero-order valence-corrected chi connectivity index (χ0v) is 11.7. The van der Waals surface area contributed by atoms with E-state index in [9.17, 15) is 9.50 Å². The molecule has 0 fully saturated rings. The third kappa shape index (κ3) is 2.39. The number of aliphatic hydroxyl groups is 1. The fraction of sp³-hybridized carbons (Fsp3) is 0.250. The van der Waals surface area contributed by atoms with Crippen molar-refractivity contribution in [2.45, 2.75) is 25.6 Å². The van der Waals surface area contributed by atoms with Crippen molar-refractivity contribution >= 4 is 11.6 Å². The van der Waals surface area contributed by atoms with Gasteiger partial charge in [0.1, 0.15) is 17.7 Å². The molecule has 0 spiro atoms. The van der Waals surface area contributed by atoms with E-state index in [2.05, 4.69) is 0 Å². The van der Waals surface area contributed by atoms with Crippen LogP contribution in [0.5, 0.6) is 5.75 Å². The van der Waals surface area contributed by atoms with Gasteiger partial charge in [0, 0.05) is 17.0 Å². The van der Waals surface area contributed by atoms with Crippen LogP contribution in [0.15, 0.2) is 36.4 Å². The van der Waals surface area contributed by atoms with E-state index in [-0.39, 0.29) is 11.9 Å². The Bertz CT molecular complexity index is 657. The molecule has 0 saturated heterocycles. The highest BCUT2D eigenvalue weighted by molar-refractivity contribution is 6.31.